The molecule has 0 spiro atoms. The highest BCUT2D eigenvalue weighted by molar-refractivity contribution is 7.91. The summed E-state index contributed by atoms with van der Waals surface area (Å²) in [4.78, 5) is 13.9. The van der Waals surface area contributed by atoms with Gasteiger partial charge in [-0.1, -0.05) is 6.07 Å². The number of aromatic nitrogens is 2. The Hall–Kier alpha value is -2.50. The van der Waals surface area contributed by atoms with Crippen LogP contribution in [0, 0.1) is 17.6 Å². The van der Waals surface area contributed by atoms with Crippen molar-refractivity contribution in [1.82, 2.24) is 15.1 Å². The molecule has 0 radical (unpaired) electrons. The molecule has 12 heteroatoms. The second-order valence-electron chi connectivity index (χ2n) is 7.48. The van der Waals surface area contributed by atoms with Crippen molar-refractivity contribution in [2.75, 3.05) is 18.1 Å². The fourth-order valence-electron chi connectivity index (χ4n) is 3.44. The highest BCUT2D eigenvalue weighted by atomic mass is 32.2. The standard InChI is InChI=1S/C19H20F5N3O3S/c20-14-2-1-3-15(21)13(14)11-27(7-4-12-5-8-31(29,30)9-6-12)18(28)16-10-17(26-25-16)19(22,23)24/h1-3,10,12H,4-9,11H2,(H,25,26). The van der Waals surface area contributed by atoms with Crippen molar-refractivity contribution in [3.63, 3.8) is 0 Å². The maximum absolute atomic E-state index is 14.1. The summed E-state index contributed by atoms with van der Waals surface area (Å²) in [5, 5.41) is 5.11. The first-order valence-electron chi connectivity index (χ1n) is 9.51. The summed E-state index contributed by atoms with van der Waals surface area (Å²) in [5.41, 5.74) is -2.14. The van der Waals surface area contributed by atoms with Gasteiger partial charge in [0.25, 0.3) is 5.91 Å². The summed E-state index contributed by atoms with van der Waals surface area (Å²) in [6, 6.07) is 3.74. The summed E-state index contributed by atoms with van der Waals surface area (Å²) in [6.07, 6.45) is -3.63. The number of H-pyrrole nitrogens is 1. The van der Waals surface area contributed by atoms with E-state index in [2.05, 4.69) is 5.10 Å². The van der Waals surface area contributed by atoms with Crippen molar-refractivity contribution >= 4 is 15.7 Å². The Kier molecular flexibility index (Phi) is 6.68. The fraction of sp³-hybridized carbons (Fsp3) is 0.474. The molecule has 170 valence electrons. The van der Waals surface area contributed by atoms with Crippen LogP contribution in [0.3, 0.4) is 0 Å². The molecule has 1 amide bonds. The van der Waals surface area contributed by atoms with Gasteiger partial charge in [0.05, 0.1) is 18.1 Å². The molecule has 1 aliphatic heterocycles. The van der Waals surface area contributed by atoms with E-state index in [1.807, 2.05) is 5.10 Å². The number of nitrogens with one attached hydrogen (secondary N) is 1. The number of amides is 1. The largest absolute Gasteiger partial charge is 0.435 e. The minimum absolute atomic E-state index is 0.0162. The molecule has 0 atom stereocenters. The number of nitrogens with zero attached hydrogens (tertiary/aromatic N) is 2. The van der Waals surface area contributed by atoms with Gasteiger partial charge in [-0.2, -0.15) is 18.3 Å². The van der Waals surface area contributed by atoms with E-state index in [9.17, 15) is 35.2 Å². The Balaban J connectivity index is 1.80. The van der Waals surface area contributed by atoms with Crippen molar-refractivity contribution in [3.8, 4) is 0 Å². The molecule has 1 saturated heterocycles. The Morgan fingerprint density at radius 2 is 1.77 bits per heavy atom. The second kappa shape index (κ2) is 8.93. The molecule has 1 aromatic carbocycles. The summed E-state index contributed by atoms with van der Waals surface area (Å²) >= 11 is 0. The summed E-state index contributed by atoms with van der Waals surface area (Å²) < 4.78 is 89.8. The Morgan fingerprint density at radius 1 is 1.16 bits per heavy atom. The van der Waals surface area contributed by atoms with Gasteiger partial charge >= 0.3 is 6.18 Å². The van der Waals surface area contributed by atoms with E-state index in [1.165, 1.54) is 0 Å². The Morgan fingerprint density at radius 3 is 2.32 bits per heavy atom. The number of sulfone groups is 1. The van der Waals surface area contributed by atoms with Gasteiger partial charge in [-0.05, 0) is 37.3 Å². The zero-order valence-electron chi connectivity index (χ0n) is 16.3. The predicted octanol–water partition coefficient (Wildman–Crippen LogP) is 3.56. The molecular formula is C19H20F5N3O3S. The normalized spacial score (nSPS) is 16.9. The fourth-order valence-corrected chi connectivity index (χ4v) is 5.03. The summed E-state index contributed by atoms with van der Waals surface area (Å²) in [6.45, 7) is -0.513. The molecule has 0 unspecified atom stereocenters. The predicted molar refractivity (Wildman–Crippen MR) is 101 cm³/mol. The summed E-state index contributed by atoms with van der Waals surface area (Å²) in [7, 11) is -3.08. The number of rotatable bonds is 6. The molecule has 3 rings (SSSR count). The Labute approximate surface area is 175 Å². The average molecular weight is 465 g/mol. The summed E-state index contributed by atoms with van der Waals surface area (Å²) in [5.74, 6) is -2.67. The maximum Gasteiger partial charge on any atom is 0.435 e. The van der Waals surface area contributed by atoms with Gasteiger partial charge in [0.2, 0.25) is 0 Å². The SMILES string of the molecule is O=C(c1cc(C(F)(F)F)n[nH]1)N(CCC1CCS(=O)(=O)CC1)Cc1c(F)cccc1F. The molecule has 0 aliphatic carbocycles. The van der Waals surface area contributed by atoms with Crippen LogP contribution in [-0.2, 0) is 22.6 Å². The lowest BCUT2D eigenvalue weighted by Crippen LogP contribution is -2.34. The second-order valence-corrected chi connectivity index (χ2v) is 9.78. The zero-order valence-corrected chi connectivity index (χ0v) is 17.1. The van der Waals surface area contributed by atoms with Gasteiger partial charge in [-0.25, -0.2) is 17.2 Å². The van der Waals surface area contributed by atoms with Gasteiger partial charge in [0.1, 0.15) is 27.2 Å². The monoisotopic (exact) mass is 465 g/mol. The first-order chi connectivity index (χ1) is 14.5. The molecular weight excluding hydrogens is 445 g/mol. The molecule has 0 saturated carbocycles. The van der Waals surface area contributed by atoms with Crippen LogP contribution in [0.25, 0.3) is 0 Å². The third-order valence-corrected chi connectivity index (χ3v) is 6.99. The van der Waals surface area contributed by atoms with Crippen LogP contribution in [-0.4, -0.2) is 47.5 Å². The van der Waals surface area contributed by atoms with Gasteiger partial charge < -0.3 is 4.90 Å². The molecule has 6 nitrogen and oxygen atoms in total. The lowest BCUT2D eigenvalue weighted by Gasteiger charge is -2.27. The number of halogens is 5. The highest BCUT2D eigenvalue weighted by Gasteiger charge is 2.35. The third kappa shape index (κ3) is 5.81. The zero-order chi connectivity index (χ0) is 22.8. The van der Waals surface area contributed by atoms with Gasteiger partial charge in [0, 0.05) is 18.2 Å². The van der Waals surface area contributed by atoms with Gasteiger partial charge in [-0.15, -0.1) is 0 Å². The number of hydrogen-bond donors (Lipinski definition) is 1. The van der Waals surface area contributed by atoms with Crippen LogP contribution in [0.5, 0.6) is 0 Å². The van der Waals surface area contributed by atoms with Crippen molar-refractivity contribution in [2.24, 2.45) is 5.92 Å². The van der Waals surface area contributed by atoms with E-state index >= 15 is 0 Å². The topological polar surface area (TPSA) is 83.1 Å². The average Bonchev–Trinajstić information content (AvgIpc) is 3.18. The smallest absolute Gasteiger partial charge is 0.333 e. The molecule has 2 heterocycles. The van der Waals surface area contributed by atoms with Gasteiger partial charge in [0.15, 0.2) is 5.69 Å². The van der Waals surface area contributed by atoms with Crippen molar-refractivity contribution in [1.29, 1.82) is 0 Å². The maximum atomic E-state index is 14.1. The lowest BCUT2D eigenvalue weighted by atomic mass is 9.98. The van der Waals surface area contributed by atoms with Crippen LogP contribution >= 0.6 is 0 Å². The quantitative estimate of drug-likeness (QED) is 0.662. The van der Waals surface area contributed by atoms with E-state index < -0.39 is 57.1 Å². The molecule has 1 fully saturated rings. The van der Waals surface area contributed by atoms with Crippen molar-refractivity contribution in [3.05, 3.63) is 52.9 Å². The first kappa shape index (κ1) is 23.2. The third-order valence-electron chi connectivity index (χ3n) is 5.28. The molecule has 1 aromatic heterocycles. The van der Waals surface area contributed by atoms with E-state index in [0.717, 1.165) is 23.1 Å². The molecule has 31 heavy (non-hydrogen) atoms. The van der Waals surface area contributed by atoms with Crippen LogP contribution in [0.2, 0.25) is 0 Å². The molecule has 1 N–H and O–H groups in total. The number of hydrogen-bond acceptors (Lipinski definition) is 4. The van der Waals surface area contributed by atoms with Crippen molar-refractivity contribution in [2.45, 2.75) is 32.0 Å². The first-order valence-corrected chi connectivity index (χ1v) is 11.3. The molecule has 0 bridgehead atoms. The number of aromatic amines is 1. The van der Waals surface area contributed by atoms with Crippen LogP contribution in [0.15, 0.2) is 24.3 Å². The van der Waals surface area contributed by atoms with E-state index in [0.29, 0.717) is 25.3 Å². The molecule has 2 aromatic rings. The number of benzene rings is 1. The highest BCUT2D eigenvalue weighted by Crippen LogP contribution is 2.28. The van der Waals surface area contributed by atoms with Crippen LogP contribution < -0.4 is 0 Å². The van der Waals surface area contributed by atoms with E-state index in [1.54, 1.807) is 0 Å². The van der Waals surface area contributed by atoms with Gasteiger partial charge in [-0.3, -0.25) is 9.89 Å². The Bertz CT molecular complexity index is 1020. The molecule has 1 aliphatic rings. The lowest BCUT2D eigenvalue weighted by molar-refractivity contribution is -0.141. The van der Waals surface area contributed by atoms with Crippen molar-refractivity contribution < 1.29 is 35.2 Å². The van der Waals surface area contributed by atoms with Crippen LogP contribution in [0.4, 0.5) is 22.0 Å². The minimum Gasteiger partial charge on any atom is -0.333 e. The van der Waals surface area contributed by atoms with E-state index in [-0.39, 0.29) is 24.0 Å². The minimum atomic E-state index is -4.76. The van der Waals surface area contributed by atoms with E-state index in [4.69, 9.17) is 0 Å². The number of carbonyl (C=O) groups excluding carboxylic acids is 1. The number of carbonyl (C=O) groups is 1. The van der Waals surface area contributed by atoms with Crippen LogP contribution in [0.1, 0.15) is 41.0 Å². The number of alkyl halides is 3.